The van der Waals surface area contributed by atoms with Gasteiger partial charge in [-0.2, -0.15) is 0 Å². The molecule has 0 radical (unpaired) electrons. The molecule has 2 aromatic heterocycles. The van der Waals surface area contributed by atoms with Gasteiger partial charge in [0.2, 0.25) is 5.78 Å². The number of ether oxygens (including phenoxy) is 1. The van der Waals surface area contributed by atoms with Crippen LogP contribution in [0, 0.1) is 20.8 Å². The molecule has 0 bridgehead atoms. The lowest BCUT2D eigenvalue weighted by Crippen LogP contribution is -2.20. The van der Waals surface area contributed by atoms with Crippen molar-refractivity contribution in [2.45, 2.75) is 33.7 Å². The van der Waals surface area contributed by atoms with Gasteiger partial charge in [0.05, 0.1) is 6.42 Å². The molecule has 0 spiro atoms. The van der Waals surface area contributed by atoms with Crippen molar-refractivity contribution in [2.75, 3.05) is 6.61 Å². The van der Waals surface area contributed by atoms with E-state index in [0.29, 0.717) is 5.56 Å². The van der Waals surface area contributed by atoms with Gasteiger partial charge in [-0.15, -0.1) is 0 Å². The van der Waals surface area contributed by atoms with E-state index < -0.39 is 5.97 Å². The molecule has 0 aliphatic carbocycles. The number of aromatic nitrogens is 2. The van der Waals surface area contributed by atoms with Gasteiger partial charge in [0.1, 0.15) is 0 Å². The molecular weight excluding hydrogens is 456 g/mol. The van der Waals surface area contributed by atoms with Crippen molar-refractivity contribution in [3.05, 3.63) is 72.5 Å². The summed E-state index contributed by atoms with van der Waals surface area (Å²) in [6, 6.07) is 9.62. The molecule has 0 saturated carbocycles. The smallest absolute Gasteiger partial charge is 0.308 e. The lowest BCUT2D eigenvalue weighted by Gasteiger charge is -2.10. The zero-order valence-corrected chi connectivity index (χ0v) is 18.8. The summed E-state index contributed by atoms with van der Waals surface area (Å²) in [5.41, 5.74) is 4.00. The molecule has 152 valence electrons. The minimum Gasteiger partial charge on any atom is -0.457 e. The van der Waals surface area contributed by atoms with Gasteiger partial charge in [-0.3, -0.25) is 14.4 Å². The van der Waals surface area contributed by atoms with Crippen molar-refractivity contribution in [1.29, 1.82) is 0 Å². The standard InChI is InChI=1S/C21H21BrN2O4S/c1-13-9-18(15(3)24(13)17-6-4-5-16(22)10-17)19(25)11-28-20(26)7-8-23-14(2)12-29-21(23)27/h4-6,9-10,12H,7-8,11H2,1-3H3. The highest BCUT2D eigenvalue weighted by Gasteiger charge is 2.18. The fourth-order valence-corrected chi connectivity index (χ4v) is 4.38. The number of Topliss-reactive ketones (excluding diaryl/α,β-unsaturated/α-hetero) is 1. The van der Waals surface area contributed by atoms with E-state index >= 15 is 0 Å². The lowest BCUT2D eigenvalue weighted by atomic mass is 10.1. The van der Waals surface area contributed by atoms with E-state index in [0.717, 1.165) is 38.6 Å². The number of hydrogen-bond acceptors (Lipinski definition) is 5. The number of hydrogen-bond donors (Lipinski definition) is 0. The number of halogens is 1. The van der Waals surface area contributed by atoms with Gasteiger partial charge in [-0.25, -0.2) is 0 Å². The molecule has 0 N–H and O–H groups in total. The number of thiazole rings is 1. The molecule has 3 rings (SSSR count). The van der Waals surface area contributed by atoms with E-state index in [-0.39, 0.29) is 30.2 Å². The van der Waals surface area contributed by atoms with E-state index in [1.807, 2.05) is 49.6 Å². The number of benzene rings is 1. The van der Waals surface area contributed by atoms with Gasteiger partial charge in [0.25, 0.3) is 0 Å². The fourth-order valence-electron chi connectivity index (χ4n) is 3.23. The van der Waals surface area contributed by atoms with Crippen LogP contribution >= 0.6 is 27.3 Å². The quantitative estimate of drug-likeness (QED) is 0.378. The molecular formula is C21H21BrN2O4S. The molecule has 0 atom stereocenters. The molecule has 0 fully saturated rings. The summed E-state index contributed by atoms with van der Waals surface area (Å²) in [5.74, 6) is -0.756. The first-order valence-corrected chi connectivity index (χ1v) is 10.7. The Balaban J connectivity index is 1.65. The highest BCUT2D eigenvalue weighted by atomic mass is 79.9. The lowest BCUT2D eigenvalue weighted by molar-refractivity contribution is -0.142. The number of carbonyl (C=O) groups excluding carboxylic acids is 2. The van der Waals surface area contributed by atoms with Crippen LogP contribution in [0.1, 0.15) is 33.9 Å². The zero-order chi connectivity index (χ0) is 21.1. The highest BCUT2D eigenvalue weighted by Crippen LogP contribution is 2.23. The van der Waals surface area contributed by atoms with Gasteiger partial charge in [0, 0.05) is 44.7 Å². The van der Waals surface area contributed by atoms with Crippen molar-refractivity contribution >= 4 is 39.0 Å². The maximum Gasteiger partial charge on any atom is 0.308 e. The van der Waals surface area contributed by atoms with Crippen LogP contribution in [0.4, 0.5) is 0 Å². The Bertz CT molecular complexity index is 1130. The second kappa shape index (κ2) is 8.92. The Morgan fingerprint density at radius 2 is 1.90 bits per heavy atom. The van der Waals surface area contributed by atoms with Crippen LogP contribution in [-0.4, -0.2) is 27.5 Å². The maximum absolute atomic E-state index is 12.6. The molecule has 0 aliphatic rings. The summed E-state index contributed by atoms with van der Waals surface area (Å²) in [6.45, 7) is 5.54. The van der Waals surface area contributed by atoms with Crippen molar-refractivity contribution < 1.29 is 14.3 Å². The molecule has 2 heterocycles. The number of esters is 1. The van der Waals surface area contributed by atoms with Crippen molar-refractivity contribution in [1.82, 2.24) is 9.13 Å². The molecule has 8 heteroatoms. The van der Waals surface area contributed by atoms with Gasteiger partial charge >= 0.3 is 10.8 Å². The number of carbonyl (C=O) groups is 2. The first kappa shape index (κ1) is 21.3. The first-order chi connectivity index (χ1) is 13.8. The van der Waals surface area contributed by atoms with Crippen molar-refractivity contribution in [2.24, 2.45) is 0 Å². The number of aryl methyl sites for hydroxylation is 2. The molecule has 0 unspecified atom stereocenters. The number of rotatable bonds is 7. The Kier molecular flexibility index (Phi) is 6.54. The SMILES string of the molecule is Cc1cc(C(=O)COC(=O)CCn2c(C)csc2=O)c(C)n1-c1cccc(Br)c1. The molecule has 3 aromatic rings. The molecule has 29 heavy (non-hydrogen) atoms. The molecule has 0 saturated heterocycles. The van der Waals surface area contributed by atoms with E-state index in [9.17, 15) is 14.4 Å². The van der Waals surface area contributed by atoms with Crippen LogP contribution in [0.5, 0.6) is 0 Å². The molecule has 0 aliphatic heterocycles. The van der Waals surface area contributed by atoms with Crippen LogP contribution in [0.3, 0.4) is 0 Å². The second-order valence-corrected chi connectivity index (χ2v) is 8.46. The third-order valence-corrected chi connectivity index (χ3v) is 6.05. The third kappa shape index (κ3) is 4.76. The second-order valence-electron chi connectivity index (χ2n) is 6.73. The van der Waals surface area contributed by atoms with Crippen LogP contribution in [0.2, 0.25) is 0 Å². The predicted molar refractivity (Wildman–Crippen MR) is 116 cm³/mol. The Morgan fingerprint density at radius 3 is 2.55 bits per heavy atom. The number of nitrogens with zero attached hydrogens (tertiary/aromatic N) is 2. The van der Waals surface area contributed by atoms with Crippen LogP contribution in [-0.2, 0) is 16.1 Å². The average Bonchev–Trinajstić information content (AvgIpc) is 3.16. The van der Waals surface area contributed by atoms with Gasteiger partial charge < -0.3 is 13.9 Å². The molecule has 6 nitrogen and oxygen atoms in total. The van der Waals surface area contributed by atoms with Crippen molar-refractivity contribution in [3.63, 3.8) is 0 Å². The summed E-state index contributed by atoms with van der Waals surface area (Å²) < 4.78 is 9.62. The van der Waals surface area contributed by atoms with Gasteiger partial charge in [-0.05, 0) is 45.0 Å². The van der Waals surface area contributed by atoms with Gasteiger partial charge in [-0.1, -0.05) is 33.3 Å². The summed E-state index contributed by atoms with van der Waals surface area (Å²) in [4.78, 5) is 36.2. The van der Waals surface area contributed by atoms with E-state index in [1.54, 1.807) is 11.4 Å². The third-order valence-electron chi connectivity index (χ3n) is 4.68. The molecule has 0 amide bonds. The van der Waals surface area contributed by atoms with E-state index in [4.69, 9.17) is 4.74 Å². The van der Waals surface area contributed by atoms with E-state index in [2.05, 4.69) is 15.9 Å². The summed E-state index contributed by atoms with van der Waals surface area (Å²) in [6.07, 6.45) is 0.0435. The van der Waals surface area contributed by atoms with Gasteiger partial charge in [0.15, 0.2) is 6.61 Å². The monoisotopic (exact) mass is 476 g/mol. The summed E-state index contributed by atoms with van der Waals surface area (Å²) >= 11 is 4.56. The largest absolute Gasteiger partial charge is 0.457 e. The van der Waals surface area contributed by atoms with Crippen molar-refractivity contribution in [3.8, 4) is 5.69 Å². The van der Waals surface area contributed by atoms with E-state index in [1.165, 1.54) is 4.57 Å². The Labute approximate surface area is 180 Å². The first-order valence-electron chi connectivity index (χ1n) is 9.06. The normalized spacial score (nSPS) is 10.9. The molecule has 1 aromatic carbocycles. The fraction of sp³-hybridized carbons (Fsp3) is 0.286. The van der Waals surface area contributed by atoms with Crippen LogP contribution < -0.4 is 4.87 Å². The van der Waals surface area contributed by atoms with Crippen LogP contribution in [0.15, 0.2) is 45.0 Å². The highest BCUT2D eigenvalue weighted by molar-refractivity contribution is 9.10. The minimum atomic E-state index is -0.503. The summed E-state index contributed by atoms with van der Waals surface area (Å²) in [5, 5.41) is 1.75. The van der Waals surface area contributed by atoms with Crippen LogP contribution in [0.25, 0.3) is 5.69 Å². The Morgan fingerprint density at radius 1 is 1.14 bits per heavy atom. The Hall–Kier alpha value is -2.45. The predicted octanol–water partition coefficient (Wildman–Crippen LogP) is 4.20. The minimum absolute atomic E-state index is 0.0435. The number of ketones is 1. The topological polar surface area (TPSA) is 70.3 Å². The maximum atomic E-state index is 12.6. The zero-order valence-electron chi connectivity index (χ0n) is 16.4. The summed E-state index contributed by atoms with van der Waals surface area (Å²) in [7, 11) is 0. The average molecular weight is 477 g/mol.